The fourth-order valence-electron chi connectivity index (χ4n) is 2.22. The summed E-state index contributed by atoms with van der Waals surface area (Å²) in [7, 11) is 1.77. The predicted octanol–water partition coefficient (Wildman–Crippen LogP) is 0.790. The van der Waals surface area contributed by atoms with Gasteiger partial charge in [0.1, 0.15) is 18.2 Å². The lowest BCUT2D eigenvalue weighted by atomic mass is 10.1. The Morgan fingerprint density at radius 2 is 2.21 bits per heavy atom. The van der Waals surface area contributed by atoms with Crippen LogP contribution < -0.4 is 16.4 Å². The summed E-state index contributed by atoms with van der Waals surface area (Å²) in [5.41, 5.74) is 6.45. The molecule has 0 unspecified atom stereocenters. The van der Waals surface area contributed by atoms with E-state index in [0.29, 0.717) is 17.3 Å². The molecule has 1 aliphatic heterocycles. The summed E-state index contributed by atoms with van der Waals surface area (Å²) < 4.78 is 5.81. The van der Waals surface area contributed by atoms with Crippen LogP contribution in [0.2, 0.25) is 0 Å². The third kappa shape index (κ3) is 3.45. The molecule has 0 bridgehead atoms. The Bertz CT molecular complexity index is 415. The molecule has 2 heterocycles. The highest BCUT2D eigenvalue weighted by Crippen LogP contribution is 2.26. The lowest BCUT2D eigenvalue weighted by molar-refractivity contribution is -0.0229. The second-order valence-electron chi connectivity index (χ2n) is 4.59. The second-order valence-corrected chi connectivity index (χ2v) is 4.59. The molecule has 0 spiro atoms. The normalized spacial score (nSPS) is 23.7. The molecule has 7 heteroatoms. The number of nitrogens with one attached hydrogen (secondary N) is 2. The first-order valence-corrected chi connectivity index (χ1v) is 6.55. The molecule has 1 aliphatic rings. The van der Waals surface area contributed by atoms with E-state index in [1.807, 2.05) is 0 Å². The Labute approximate surface area is 112 Å². The number of hydrogen-bond donors (Lipinski definition) is 4. The Hall–Kier alpha value is -1.60. The van der Waals surface area contributed by atoms with Gasteiger partial charge in [0.25, 0.3) is 0 Å². The molecule has 1 saturated heterocycles. The first kappa shape index (κ1) is 13.8. The van der Waals surface area contributed by atoms with Gasteiger partial charge in [0.05, 0.1) is 12.7 Å². The highest BCUT2D eigenvalue weighted by Gasteiger charge is 2.21. The summed E-state index contributed by atoms with van der Waals surface area (Å²) in [6, 6.07) is 0. The summed E-state index contributed by atoms with van der Waals surface area (Å²) in [4.78, 5) is 8.12. The number of aliphatic hydroxyl groups excluding tert-OH is 1. The van der Waals surface area contributed by atoms with Gasteiger partial charge in [0.2, 0.25) is 0 Å². The molecule has 2 rings (SSSR count). The second kappa shape index (κ2) is 6.53. The minimum absolute atomic E-state index is 0.0446. The Balaban J connectivity index is 2.09. The number of rotatable bonds is 4. The van der Waals surface area contributed by atoms with Crippen LogP contribution in [0.1, 0.15) is 25.7 Å². The van der Waals surface area contributed by atoms with Gasteiger partial charge < -0.3 is 26.2 Å². The number of aliphatic hydroxyl groups is 1. The largest absolute Gasteiger partial charge is 0.394 e. The van der Waals surface area contributed by atoms with E-state index in [-0.39, 0.29) is 18.9 Å². The van der Waals surface area contributed by atoms with Gasteiger partial charge in [-0.25, -0.2) is 9.97 Å². The zero-order valence-electron chi connectivity index (χ0n) is 11.1. The first-order valence-electron chi connectivity index (χ1n) is 6.55. The van der Waals surface area contributed by atoms with Crippen LogP contribution in [0.4, 0.5) is 17.3 Å². The van der Waals surface area contributed by atoms with Crippen molar-refractivity contribution in [1.29, 1.82) is 0 Å². The third-order valence-electron chi connectivity index (χ3n) is 3.23. The van der Waals surface area contributed by atoms with Crippen molar-refractivity contribution in [1.82, 2.24) is 9.97 Å². The third-order valence-corrected chi connectivity index (χ3v) is 3.23. The number of hydrogen-bond acceptors (Lipinski definition) is 7. The van der Waals surface area contributed by atoms with E-state index in [0.717, 1.165) is 25.7 Å². The van der Waals surface area contributed by atoms with Gasteiger partial charge >= 0.3 is 0 Å². The number of anilines is 3. The molecule has 0 aromatic carbocycles. The number of nitrogens with two attached hydrogens (primary N) is 1. The molecule has 0 saturated carbocycles. The molecule has 0 aliphatic carbocycles. The molecule has 0 amide bonds. The maximum Gasteiger partial charge on any atom is 0.157 e. The van der Waals surface area contributed by atoms with Crippen molar-refractivity contribution in [2.75, 3.05) is 30.0 Å². The van der Waals surface area contributed by atoms with Crippen LogP contribution in [-0.4, -0.2) is 41.1 Å². The molecule has 1 aromatic rings. The molecule has 1 fully saturated rings. The zero-order chi connectivity index (χ0) is 13.7. The SMILES string of the molecule is CNc1c(N)ncnc1N[C@H]1CCCC[C@@H](CO)O1. The average molecular weight is 267 g/mol. The van der Waals surface area contributed by atoms with E-state index in [9.17, 15) is 5.11 Å². The van der Waals surface area contributed by atoms with Gasteiger partial charge in [-0.2, -0.15) is 0 Å². The summed E-state index contributed by atoms with van der Waals surface area (Å²) >= 11 is 0. The van der Waals surface area contributed by atoms with Gasteiger partial charge in [-0.3, -0.25) is 0 Å². The van der Waals surface area contributed by atoms with Crippen LogP contribution in [0.5, 0.6) is 0 Å². The molecule has 7 nitrogen and oxygen atoms in total. The van der Waals surface area contributed by atoms with Crippen molar-refractivity contribution < 1.29 is 9.84 Å². The highest BCUT2D eigenvalue weighted by atomic mass is 16.5. The van der Waals surface area contributed by atoms with Crippen molar-refractivity contribution in [3.8, 4) is 0 Å². The Morgan fingerprint density at radius 3 is 2.95 bits per heavy atom. The van der Waals surface area contributed by atoms with Gasteiger partial charge in [-0.15, -0.1) is 0 Å². The fraction of sp³-hybridized carbons (Fsp3) is 0.667. The van der Waals surface area contributed by atoms with E-state index >= 15 is 0 Å². The summed E-state index contributed by atoms with van der Waals surface area (Å²) in [6.07, 6.45) is 5.03. The number of ether oxygens (including phenoxy) is 1. The number of aromatic nitrogens is 2. The summed E-state index contributed by atoms with van der Waals surface area (Å²) in [5.74, 6) is 1.02. The van der Waals surface area contributed by atoms with Gasteiger partial charge in [-0.1, -0.05) is 6.42 Å². The number of nitrogens with zero attached hydrogens (tertiary/aromatic N) is 2. The van der Waals surface area contributed by atoms with E-state index in [1.54, 1.807) is 7.05 Å². The molecule has 106 valence electrons. The molecule has 5 N–H and O–H groups in total. The number of nitrogen functional groups attached to an aromatic ring is 1. The van der Waals surface area contributed by atoms with Gasteiger partial charge in [-0.05, 0) is 19.3 Å². The predicted molar refractivity (Wildman–Crippen MR) is 73.8 cm³/mol. The minimum atomic E-state index is -0.166. The monoisotopic (exact) mass is 267 g/mol. The quantitative estimate of drug-likeness (QED) is 0.639. The topological polar surface area (TPSA) is 105 Å². The van der Waals surface area contributed by atoms with E-state index < -0.39 is 0 Å². The molecular formula is C12H21N5O2. The van der Waals surface area contributed by atoms with Crippen LogP contribution >= 0.6 is 0 Å². The smallest absolute Gasteiger partial charge is 0.157 e. The standard InChI is InChI=1S/C12H21N5O2/c1-14-10-11(13)15-7-16-12(10)17-9-5-3-2-4-8(6-18)19-9/h7-9,14,18H,2-6H2,1H3,(H3,13,15,16,17)/t8-,9+/m0/s1. The Morgan fingerprint density at radius 1 is 1.42 bits per heavy atom. The first-order chi connectivity index (χ1) is 9.24. The molecule has 19 heavy (non-hydrogen) atoms. The molecular weight excluding hydrogens is 246 g/mol. The van der Waals surface area contributed by atoms with Crippen LogP contribution in [-0.2, 0) is 4.74 Å². The maximum absolute atomic E-state index is 9.23. The minimum Gasteiger partial charge on any atom is -0.394 e. The van der Waals surface area contributed by atoms with Crippen LogP contribution in [0, 0.1) is 0 Å². The summed E-state index contributed by atoms with van der Waals surface area (Å²) in [6.45, 7) is 0.0446. The van der Waals surface area contributed by atoms with Crippen molar-refractivity contribution in [2.24, 2.45) is 0 Å². The Kier molecular flexibility index (Phi) is 4.75. The van der Waals surface area contributed by atoms with E-state index in [4.69, 9.17) is 10.5 Å². The molecule has 0 radical (unpaired) electrons. The van der Waals surface area contributed by atoms with Crippen LogP contribution in [0.3, 0.4) is 0 Å². The average Bonchev–Trinajstić information content (AvgIpc) is 2.64. The zero-order valence-corrected chi connectivity index (χ0v) is 11.1. The maximum atomic E-state index is 9.23. The van der Waals surface area contributed by atoms with Crippen molar-refractivity contribution in [2.45, 2.75) is 38.0 Å². The van der Waals surface area contributed by atoms with Crippen molar-refractivity contribution in [3.05, 3.63) is 6.33 Å². The molecule has 2 atom stereocenters. The lowest BCUT2D eigenvalue weighted by Crippen LogP contribution is -2.29. The van der Waals surface area contributed by atoms with Gasteiger partial charge in [0.15, 0.2) is 11.6 Å². The summed E-state index contributed by atoms with van der Waals surface area (Å²) in [5, 5.41) is 15.4. The highest BCUT2D eigenvalue weighted by molar-refractivity contribution is 5.74. The van der Waals surface area contributed by atoms with Crippen LogP contribution in [0.15, 0.2) is 6.33 Å². The van der Waals surface area contributed by atoms with E-state index in [1.165, 1.54) is 6.33 Å². The fourth-order valence-corrected chi connectivity index (χ4v) is 2.22. The van der Waals surface area contributed by atoms with Gasteiger partial charge in [0, 0.05) is 7.05 Å². The van der Waals surface area contributed by atoms with Crippen LogP contribution in [0.25, 0.3) is 0 Å². The van der Waals surface area contributed by atoms with Crippen molar-refractivity contribution in [3.63, 3.8) is 0 Å². The molecule has 1 aromatic heterocycles. The van der Waals surface area contributed by atoms with E-state index in [2.05, 4.69) is 20.6 Å². The lowest BCUT2D eigenvalue weighted by Gasteiger charge is -2.23. The van der Waals surface area contributed by atoms with Crippen molar-refractivity contribution >= 4 is 17.3 Å².